The van der Waals surface area contributed by atoms with Crippen molar-refractivity contribution in [3.05, 3.63) is 123 Å². The number of para-hydroxylation sites is 1. The van der Waals surface area contributed by atoms with Gasteiger partial charge in [-0.1, -0.05) is 109 Å². The van der Waals surface area contributed by atoms with Crippen molar-refractivity contribution in [2.45, 2.75) is 51.9 Å². The standard InChI is InChI=1S/C39H35Br2NO/c1-37(2)32-20-11-24(22-33(32)38(3,4)39(37,5)6)25-21-31-30-9-7-8-10-35(30)43-36(31)34(23-25)42(28-16-12-26(40)13-17-28)29-18-14-27(41)15-19-29/h7-23H,1-6H3/i1D3,2D3,3D3,4D3,5D3,6D3. The number of hydrogen-bond donors (Lipinski definition) is 0. The predicted molar refractivity (Wildman–Crippen MR) is 189 cm³/mol. The van der Waals surface area contributed by atoms with Crippen molar-refractivity contribution in [1.29, 1.82) is 0 Å². The third kappa shape index (κ3) is 4.24. The van der Waals surface area contributed by atoms with E-state index >= 15 is 0 Å². The number of fused-ring (bicyclic) bond motifs is 4. The smallest absolute Gasteiger partial charge is 0.159 e. The molecule has 1 heterocycles. The average Bonchev–Trinajstić information content (AvgIpc) is 3.64. The molecule has 0 unspecified atom stereocenters. The number of benzene rings is 5. The van der Waals surface area contributed by atoms with Gasteiger partial charge in [-0.3, -0.25) is 0 Å². The number of rotatable bonds is 4. The van der Waals surface area contributed by atoms with Gasteiger partial charge in [-0.15, -0.1) is 0 Å². The van der Waals surface area contributed by atoms with Gasteiger partial charge in [0.05, 0.1) is 5.69 Å². The molecule has 0 amide bonds. The molecule has 2 nitrogen and oxygen atoms in total. The van der Waals surface area contributed by atoms with E-state index in [1.54, 1.807) is 36.4 Å². The van der Waals surface area contributed by atoms with Crippen molar-refractivity contribution >= 4 is 70.9 Å². The van der Waals surface area contributed by atoms with E-state index in [4.69, 9.17) is 29.1 Å². The summed E-state index contributed by atoms with van der Waals surface area (Å²) in [6.07, 6.45) is 0. The Balaban J connectivity index is 1.69. The van der Waals surface area contributed by atoms with Crippen molar-refractivity contribution in [3.63, 3.8) is 0 Å². The second-order valence-electron chi connectivity index (χ2n) is 10.8. The number of hydrogen-bond acceptors (Lipinski definition) is 2. The van der Waals surface area contributed by atoms with Gasteiger partial charge in [-0.25, -0.2) is 0 Å². The van der Waals surface area contributed by atoms with Gasteiger partial charge >= 0.3 is 0 Å². The van der Waals surface area contributed by atoms with E-state index < -0.39 is 68.5 Å². The number of anilines is 3. The third-order valence-corrected chi connectivity index (χ3v) is 9.21. The van der Waals surface area contributed by atoms with E-state index in [0.29, 0.717) is 39.0 Å². The lowest BCUT2D eigenvalue weighted by Gasteiger charge is -2.44. The van der Waals surface area contributed by atoms with Crippen molar-refractivity contribution in [2.24, 2.45) is 5.41 Å². The molecule has 0 bridgehead atoms. The molecule has 4 heteroatoms. The lowest BCUT2D eigenvalue weighted by molar-refractivity contribution is 0.125. The molecule has 5 aromatic carbocycles. The van der Waals surface area contributed by atoms with Gasteiger partial charge in [0.15, 0.2) is 5.58 Å². The zero-order valence-electron chi connectivity index (χ0n) is 40.4. The van der Waals surface area contributed by atoms with Crippen LogP contribution >= 0.6 is 31.9 Å². The van der Waals surface area contributed by atoms with Crippen LogP contribution in [-0.2, 0) is 10.8 Å². The fraction of sp³-hybridized carbons (Fsp3) is 0.231. The predicted octanol–water partition coefficient (Wildman–Crippen LogP) is 12.8. The molecule has 0 radical (unpaired) electrons. The third-order valence-electron chi connectivity index (χ3n) is 8.16. The van der Waals surface area contributed by atoms with Crippen molar-refractivity contribution in [2.75, 3.05) is 4.90 Å². The molecule has 0 spiro atoms. The largest absolute Gasteiger partial charge is 0.454 e. The average molecular weight is 712 g/mol. The number of furan rings is 1. The molecule has 6 aromatic rings. The fourth-order valence-electron chi connectivity index (χ4n) is 5.80. The van der Waals surface area contributed by atoms with Crippen LogP contribution in [0.1, 0.15) is 76.9 Å². The first kappa shape index (κ1) is 14.6. The Bertz CT molecular complexity index is 2560. The molecule has 1 aromatic heterocycles. The molecule has 0 saturated carbocycles. The second-order valence-corrected chi connectivity index (χ2v) is 12.6. The van der Waals surface area contributed by atoms with Crippen LogP contribution in [0.3, 0.4) is 0 Å². The molecule has 43 heavy (non-hydrogen) atoms. The fourth-order valence-corrected chi connectivity index (χ4v) is 6.32. The van der Waals surface area contributed by atoms with Gasteiger partial charge in [0.25, 0.3) is 0 Å². The van der Waals surface area contributed by atoms with E-state index in [1.807, 2.05) is 53.4 Å². The van der Waals surface area contributed by atoms with E-state index in [2.05, 4.69) is 31.9 Å². The molecule has 0 aliphatic heterocycles. The number of nitrogens with zero attached hydrogens (tertiary/aromatic N) is 1. The van der Waals surface area contributed by atoms with E-state index in [9.17, 15) is 0 Å². The Kier molecular flexibility index (Phi) is 3.35. The molecule has 1 aliphatic carbocycles. The first-order valence-electron chi connectivity index (χ1n) is 22.3. The molecule has 216 valence electrons. The summed E-state index contributed by atoms with van der Waals surface area (Å²) in [7, 11) is 0. The monoisotopic (exact) mass is 709 g/mol. The zero-order valence-corrected chi connectivity index (χ0v) is 25.6. The van der Waals surface area contributed by atoms with Crippen LogP contribution in [0.25, 0.3) is 33.1 Å². The van der Waals surface area contributed by atoms with Crippen molar-refractivity contribution in [3.8, 4) is 11.1 Å². The van der Waals surface area contributed by atoms with Crippen LogP contribution in [0.4, 0.5) is 17.1 Å². The molecule has 0 N–H and O–H groups in total. The Morgan fingerprint density at radius 3 is 1.86 bits per heavy atom. The molecular weight excluding hydrogens is 658 g/mol. The number of halogens is 2. The second kappa shape index (κ2) is 9.84. The van der Waals surface area contributed by atoms with Gasteiger partial charge in [0.2, 0.25) is 0 Å². The molecular formula is C39H35Br2NO. The Hall–Kier alpha value is -3.34. The highest BCUT2D eigenvalue weighted by molar-refractivity contribution is 9.10. The first-order chi connectivity index (χ1) is 27.9. The van der Waals surface area contributed by atoms with Crippen molar-refractivity contribution in [1.82, 2.24) is 0 Å². The van der Waals surface area contributed by atoms with Crippen LogP contribution < -0.4 is 4.90 Å². The summed E-state index contributed by atoms with van der Waals surface area (Å²) in [5.74, 6) is 0. The van der Waals surface area contributed by atoms with E-state index in [0.717, 1.165) is 21.1 Å². The van der Waals surface area contributed by atoms with Crippen LogP contribution in [-0.4, -0.2) is 0 Å². The van der Waals surface area contributed by atoms with Gasteiger partial charge in [-0.05, 0) is 105 Å². The van der Waals surface area contributed by atoms with Crippen LogP contribution in [0.5, 0.6) is 0 Å². The van der Waals surface area contributed by atoms with Gasteiger partial charge in [0, 0.05) is 55.8 Å². The maximum atomic E-state index is 8.91. The minimum Gasteiger partial charge on any atom is -0.454 e. The first-order valence-corrected chi connectivity index (χ1v) is 14.9. The molecule has 7 rings (SSSR count). The summed E-state index contributed by atoms with van der Waals surface area (Å²) < 4.78 is 167. The summed E-state index contributed by atoms with van der Waals surface area (Å²) in [5.41, 5.74) is -12.0. The highest BCUT2D eigenvalue weighted by Gasteiger charge is 2.56. The highest BCUT2D eigenvalue weighted by atomic mass is 79.9. The summed E-state index contributed by atoms with van der Waals surface area (Å²) in [4.78, 5) is 1.87. The van der Waals surface area contributed by atoms with E-state index in [-0.39, 0.29) is 11.1 Å². The summed E-state index contributed by atoms with van der Waals surface area (Å²) in [6, 6.07) is 28.2. The summed E-state index contributed by atoms with van der Waals surface area (Å²) in [5, 5.41) is 1.17. The maximum absolute atomic E-state index is 8.91. The lowest BCUT2D eigenvalue weighted by Crippen LogP contribution is -2.42. The maximum Gasteiger partial charge on any atom is 0.159 e. The van der Waals surface area contributed by atoms with Gasteiger partial charge in [-0.2, -0.15) is 0 Å². The summed E-state index contributed by atoms with van der Waals surface area (Å²) in [6.45, 7) is -25.4. The summed E-state index contributed by atoms with van der Waals surface area (Å²) >= 11 is 6.97. The Morgan fingerprint density at radius 1 is 0.605 bits per heavy atom. The Morgan fingerprint density at radius 2 is 1.23 bits per heavy atom. The van der Waals surface area contributed by atoms with Crippen LogP contribution in [0, 0.1) is 5.41 Å². The topological polar surface area (TPSA) is 16.4 Å². The van der Waals surface area contributed by atoms with Gasteiger partial charge < -0.3 is 9.32 Å². The highest BCUT2D eigenvalue weighted by Crippen LogP contribution is 2.62. The molecule has 1 aliphatic rings. The van der Waals surface area contributed by atoms with Crippen LogP contribution in [0.2, 0.25) is 0 Å². The molecule has 0 fully saturated rings. The van der Waals surface area contributed by atoms with Crippen molar-refractivity contribution < 1.29 is 29.1 Å². The SMILES string of the molecule is [2H]C([2H])([2H])C1(C([2H])([2H])[2H])c2ccc(-c3cc(N(c4ccc(Br)cc4)c4ccc(Br)cc4)c4oc5ccccc5c4c3)cc2C(C([2H])([2H])[2H])(C([2H])([2H])[2H])C1(C([2H])([2H])[2H])C([2H])([2H])[2H]. The lowest BCUT2D eigenvalue weighted by atomic mass is 9.59. The zero-order chi connectivity index (χ0) is 45.3. The minimum absolute atomic E-state index is 0.00603. The minimum atomic E-state index is -4.50. The van der Waals surface area contributed by atoms with Crippen LogP contribution in [0.15, 0.2) is 116 Å². The molecule has 0 saturated heterocycles. The quantitative estimate of drug-likeness (QED) is 0.181. The normalized spacial score (nSPS) is 24.4. The van der Waals surface area contributed by atoms with Gasteiger partial charge in [0.1, 0.15) is 5.58 Å². The van der Waals surface area contributed by atoms with E-state index in [1.165, 1.54) is 6.07 Å². The Labute approximate surface area is 296 Å². The molecule has 0 atom stereocenters.